The third kappa shape index (κ3) is 3.35. The van der Waals surface area contributed by atoms with Crippen molar-refractivity contribution >= 4 is 21.8 Å². The molecular formula is C13H9NO9S. The van der Waals surface area contributed by atoms with Gasteiger partial charge in [-0.1, -0.05) is 0 Å². The molecule has 0 radical (unpaired) electrons. The lowest BCUT2D eigenvalue weighted by Crippen LogP contribution is -2.10. The van der Waals surface area contributed by atoms with E-state index in [1.54, 1.807) is 0 Å². The molecule has 10 nitrogen and oxygen atoms in total. The van der Waals surface area contributed by atoms with E-state index >= 15 is 0 Å². The summed E-state index contributed by atoms with van der Waals surface area (Å²) in [4.78, 5) is 20.2. The van der Waals surface area contributed by atoms with Gasteiger partial charge in [-0.05, 0) is 18.2 Å². The lowest BCUT2D eigenvalue weighted by Gasteiger charge is -2.10. The summed E-state index contributed by atoms with van der Waals surface area (Å²) in [5.41, 5.74) is -0.860. The summed E-state index contributed by atoms with van der Waals surface area (Å²) in [5, 5.41) is 38.4. The second-order valence-corrected chi connectivity index (χ2v) is 5.98. The molecule has 0 aliphatic rings. The number of non-ortho nitro benzene ring substituents is 1. The van der Waals surface area contributed by atoms with Gasteiger partial charge in [0, 0.05) is 18.2 Å². The number of aromatic hydroxyl groups is 2. The van der Waals surface area contributed by atoms with Gasteiger partial charge in [-0.15, -0.1) is 0 Å². The predicted octanol–water partition coefficient (Wildman–Crippen LogP) is 1.47. The average molecular weight is 355 g/mol. The standard InChI is InChI=1S/C13H9NO9S/c15-10-5-7(13(17)18)6-11(12(10)16)23-24(21,22)9-3-1-8(2-4-9)14(19)20/h1-6,15-16H,(H,17,18). The van der Waals surface area contributed by atoms with Crippen molar-refractivity contribution in [3.8, 4) is 17.2 Å². The number of phenols is 2. The van der Waals surface area contributed by atoms with Crippen LogP contribution in [-0.4, -0.2) is 34.6 Å². The monoisotopic (exact) mass is 355 g/mol. The molecule has 11 heteroatoms. The van der Waals surface area contributed by atoms with Crippen LogP contribution in [0.2, 0.25) is 0 Å². The number of benzene rings is 2. The molecule has 0 aromatic heterocycles. The van der Waals surface area contributed by atoms with E-state index in [4.69, 9.17) is 5.11 Å². The van der Waals surface area contributed by atoms with E-state index in [9.17, 15) is 33.5 Å². The number of phenolic OH excluding ortho intramolecular Hbond substituents is 2. The van der Waals surface area contributed by atoms with E-state index in [2.05, 4.69) is 4.18 Å². The molecule has 0 saturated carbocycles. The Balaban J connectivity index is 2.42. The van der Waals surface area contributed by atoms with Gasteiger partial charge >= 0.3 is 16.1 Å². The molecule has 0 fully saturated rings. The fourth-order valence-corrected chi connectivity index (χ4v) is 2.61. The SMILES string of the molecule is O=C(O)c1cc(O)c(O)c(OS(=O)(=O)c2ccc([N+](=O)[O-])cc2)c1. The van der Waals surface area contributed by atoms with Crippen LogP contribution >= 0.6 is 0 Å². The quantitative estimate of drug-likeness (QED) is 0.311. The van der Waals surface area contributed by atoms with Crippen molar-refractivity contribution in [2.24, 2.45) is 0 Å². The van der Waals surface area contributed by atoms with E-state index in [1.807, 2.05) is 0 Å². The molecule has 126 valence electrons. The van der Waals surface area contributed by atoms with Gasteiger partial charge in [-0.3, -0.25) is 10.1 Å². The van der Waals surface area contributed by atoms with Crippen molar-refractivity contribution in [2.45, 2.75) is 4.90 Å². The number of rotatable bonds is 5. The lowest BCUT2D eigenvalue weighted by atomic mass is 10.2. The number of carbonyl (C=O) groups is 1. The van der Waals surface area contributed by atoms with Gasteiger partial charge in [0.05, 0.1) is 10.5 Å². The van der Waals surface area contributed by atoms with E-state index < -0.39 is 48.7 Å². The topological polar surface area (TPSA) is 164 Å². The number of carboxylic acids is 1. The molecule has 0 heterocycles. The van der Waals surface area contributed by atoms with Crippen LogP contribution in [0.1, 0.15) is 10.4 Å². The highest BCUT2D eigenvalue weighted by Crippen LogP contribution is 2.38. The molecule has 2 aromatic rings. The molecule has 0 amide bonds. The normalized spacial score (nSPS) is 11.0. The Hall–Kier alpha value is -3.34. The Kier molecular flexibility index (Phi) is 4.28. The summed E-state index contributed by atoms with van der Waals surface area (Å²) in [6.45, 7) is 0. The van der Waals surface area contributed by atoms with Crippen LogP contribution in [0.15, 0.2) is 41.3 Å². The van der Waals surface area contributed by atoms with Crippen molar-refractivity contribution in [1.29, 1.82) is 0 Å². The van der Waals surface area contributed by atoms with Gasteiger partial charge in [0.25, 0.3) is 5.69 Å². The maximum Gasteiger partial charge on any atom is 0.339 e. The zero-order valence-electron chi connectivity index (χ0n) is 11.6. The Morgan fingerprint density at radius 2 is 1.71 bits per heavy atom. The number of nitro groups is 1. The Bertz CT molecular complexity index is 919. The first-order chi connectivity index (χ1) is 11.1. The highest BCUT2D eigenvalue weighted by molar-refractivity contribution is 7.87. The number of nitro benzene ring substituents is 1. The number of nitrogens with zero attached hydrogens (tertiary/aromatic N) is 1. The fraction of sp³-hybridized carbons (Fsp3) is 0. The molecule has 24 heavy (non-hydrogen) atoms. The van der Waals surface area contributed by atoms with Crippen LogP contribution in [-0.2, 0) is 10.1 Å². The Morgan fingerprint density at radius 1 is 1.12 bits per heavy atom. The highest BCUT2D eigenvalue weighted by atomic mass is 32.2. The highest BCUT2D eigenvalue weighted by Gasteiger charge is 2.23. The van der Waals surface area contributed by atoms with Gasteiger partial charge in [0.2, 0.25) is 5.75 Å². The largest absolute Gasteiger partial charge is 0.504 e. The molecule has 2 rings (SSSR count). The molecule has 0 aliphatic carbocycles. The van der Waals surface area contributed by atoms with Crippen LogP contribution in [0.3, 0.4) is 0 Å². The molecule has 0 saturated heterocycles. The summed E-state index contributed by atoms with van der Waals surface area (Å²) >= 11 is 0. The fourth-order valence-electron chi connectivity index (χ4n) is 1.68. The van der Waals surface area contributed by atoms with Crippen LogP contribution < -0.4 is 4.18 Å². The van der Waals surface area contributed by atoms with Gasteiger partial charge in [-0.25, -0.2) is 4.79 Å². The van der Waals surface area contributed by atoms with Crippen molar-refractivity contribution in [3.63, 3.8) is 0 Å². The minimum absolute atomic E-state index is 0.345. The predicted molar refractivity (Wildman–Crippen MR) is 77.6 cm³/mol. The zero-order valence-corrected chi connectivity index (χ0v) is 12.4. The molecule has 0 spiro atoms. The summed E-state index contributed by atoms with van der Waals surface area (Å²) in [5.74, 6) is -4.14. The van der Waals surface area contributed by atoms with E-state index in [1.165, 1.54) is 0 Å². The molecular weight excluding hydrogens is 346 g/mol. The second-order valence-electron chi connectivity index (χ2n) is 4.44. The minimum atomic E-state index is -4.52. The van der Waals surface area contributed by atoms with Gasteiger partial charge < -0.3 is 19.5 Å². The van der Waals surface area contributed by atoms with Gasteiger partial charge in [-0.2, -0.15) is 8.42 Å². The van der Waals surface area contributed by atoms with Crippen molar-refractivity contribution < 1.29 is 37.6 Å². The minimum Gasteiger partial charge on any atom is -0.504 e. The van der Waals surface area contributed by atoms with Crippen molar-refractivity contribution in [1.82, 2.24) is 0 Å². The number of hydrogen-bond donors (Lipinski definition) is 3. The second kappa shape index (κ2) is 6.04. The first-order valence-corrected chi connectivity index (χ1v) is 7.51. The summed E-state index contributed by atoms with van der Waals surface area (Å²) in [6, 6.07) is 5.10. The Morgan fingerprint density at radius 3 is 2.21 bits per heavy atom. The van der Waals surface area contributed by atoms with Crippen molar-refractivity contribution in [2.75, 3.05) is 0 Å². The molecule has 0 bridgehead atoms. The first kappa shape index (κ1) is 17.0. The molecule has 0 unspecified atom stereocenters. The smallest absolute Gasteiger partial charge is 0.339 e. The molecule has 0 atom stereocenters. The van der Waals surface area contributed by atoms with Crippen LogP contribution in [0.5, 0.6) is 17.2 Å². The maximum absolute atomic E-state index is 12.1. The third-order valence-corrected chi connectivity index (χ3v) is 4.09. The molecule has 3 N–H and O–H groups in total. The van der Waals surface area contributed by atoms with Gasteiger partial charge in [0.15, 0.2) is 11.5 Å². The third-order valence-electron chi connectivity index (χ3n) is 2.84. The Labute approximate surface area is 134 Å². The maximum atomic E-state index is 12.1. The van der Waals surface area contributed by atoms with Crippen molar-refractivity contribution in [3.05, 3.63) is 52.1 Å². The molecule has 0 aliphatic heterocycles. The number of aromatic carboxylic acids is 1. The average Bonchev–Trinajstić information content (AvgIpc) is 2.51. The van der Waals surface area contributed by atoms with Crippen LogP contribution in [0.4, 0.5) is 5.69 Å². The van der Waals surface area contributed by atoms with Gasteiger partial charge in [0.1, 0.15) is 4.90 Å². The molecule has 2 aromatic carbocycles. The summed E-state index contributed by atoms with van der Waals surface area (Å²) in [6.07, 6.45) is 0. The van der Waals surface area contributed by atoms with E-state index in [-0.39, 0.29) is 5.69 Å². The number of carboxylic acid groups (broad SMARTS) is 1. The van der Waals surface area contributed by atoms with Crippen LogP contribution in [0.25, 0.3) is 0 Å². The summed E-state index contributed by atoms with van der Waals surface area (Å²) < 4.78 is 28.8. The summed E-state index contributed by atoms with van der Waals surface area (Å²) in [7, 11) is -4.52. The van der Waals surface area contributed by atoms with Crippen LogP contribution in [0, 0.1) is 10.1 Å². The lowest BCUT2D eigenvalue weighted by molar-refractivity contribution is -0.384. The van der Waals surface area contributed by atoms with E-state index in [0.29, 0.717) is 12.1 Å². The number of hydrogen-bond acceptors (Lipinski definition) is 8. The first-order valence-electron chi connectivity index (χ1n) is 6.10. The van der Waals surface area contributed by atoms with E-state index in [0.717, 1.165) is 24.3 Å². The zero-order chi connectivity index (χ0) is 18.1.